The molecule has 0 amide bonds. The lowest BCUT2D eigenvalue weighted by Gasteiger charge is -2.20. The first kappa shape index (κ1) is 14.7. The van der Waals surface area contributed by atoms with E-state index in [0.717, 1.165) is 6.42 Å². The predicted molar refractivity (Wildman–Crippen MR) is 84.0 cm³/mol. The van der Waals surface area contributed by atoms with E-state index in [1.807, 2.05) is 12.1 Å². The van der Waals surface area contributed by atoms with Crippen LogP contribution in [0.15, 0.2) is 24.3 Å². The minimum Gasteiger partial charge on any atom is -0.368 e. The molecule has 3 rings (SSSR count). The van der Waals surface area contributed by atoms with Crippen LogP contribution in [0.5, 0.6) is 0 Å². The minimum atomic E-state index is -1.66. The van der Waals surface area contributed by atoms with Crippen LogP contribution in [-0.4, -0.2) is 15.0 Å². The normalized spacial score (nSPS) is 20.7. The number of halogens is 1. The second-order valence-corrected chi connectivity index (χ2v) is 6.32. The number of nitrogens with one attached hydrogen (secondary N) is 1. The second kappa shape index (κ2) is 5.19. The van der Waals surface area contributed by atoms with Crippen LogP contribution < -0.4 is 11.1 Å². The van der Waals surface area contributed by atoms with Crippen molar-refractivity contribution in [2.24, 2.45) is 5.92 Å². The molecule has 1 aliphatic rings. The van der Waals surface area contributed by atoms with Gasteiger partial charge in [0.15, 0.2) is 11.5 Å². The van der Waals surface area contributed by atoms with Crippen molar-refractivity contribution >= 4 is 11.9 Å². The second-order valence-electron chi connectivity index (χ2n) is 6.32. The maximum Gasteiger partial charge on any atom is 0.228 e. The van der Waals surface area contributed by atoms with E-state index < -0.39 is 5.67 Å². The van der Waals surface area contributed by atoms with Gasteiger partial charge >= 0.3 is 0 Å². The standard InChI is InChI=1S/C16H20FN5/c1-9-8-10-6-4-5-7-11(10)12(9)19-15-21-13(16(2,3)17)20-14(18)22-15/h4-7,9,12H,8H2,1-3H3,(H3,18,19,20,21,22)/t9-,12-/m0/s1. The van der Waals surface area contributed by atoms with Crippen LogP contribution in [-0.2, 0) is 12.1 Å². The Hall–Kier alpha value is -2.24. The summed E-state index contributed by atoms with van der Waals surface area (Å²) in [6.07, 6.45) is 0.996. The molecular formula is C16H20FN5. The molecule has 0 unspecified atom stereocenters. The molecule has 1 aliphatic carbocycles. The van der Waals surface area contributed by atoms with Gasteiger partial charge in [-0.2, -0.15) is 15.0 Å². The lowest BCUT2D eigenvalue weighted by molar-refractivity contribution is 0.206. The number of hydrogen-bond donors (Lipinski definition) is 2. The third kappa shape index (κ3) is 2.73. The molecule has 116 valence electrons. The highest BCUT2D eigenvalue weighted by molar-refractivity contribution is 5.42. The molecule has 1 aromatic heterocycles. The van der Waals surface area contributed by atoms with Gasteiger partial charge in [0.2, 0.25) is 11.9 Å². The van der Waals surface area contributed by atoms with Crippen LogP contribution in [0.25, 0.3) is 0 Å². The molecule has 0 spiro atoms. The molecule has 22 heavy (non-hydrogen) atoms. The predicted octanol–water partition coefficient (Wildman–Crippen LogP) is 3.00. The van der Waals surface area contributed by atoms with Crippen molar-refractivity contribution in [3.05, 3.63) is 41.2 Å². The summed E-state index contributed by atoms with van der Waals surface area (Å²) in [4.78, 5) is 12.2. The molecule has 0 aliphatic heterocycles. The summed E-state index contributed by atoms with van der Waals surface area (Å²) in [6.45, 7) is 4.97. The highest BCUT2D eigenvalue weighted by atomic mass is 19.1. The lowest BCUT2D eigenvalue weighted by atomic mass is 10.0. The molecule has 2 atom stereocenters. The number of benzene rings is 1. The van der Waals surface area contributed by atoms with Gasteiger partial charge in [0.05, 0.1) is 6.04 Å². The molecule has 0 radical (unpaired) electrons. The third-order valence-corrected chi connectivity index (χ3v) is 3.97. The van der Waals surface area contributed by atoms with E-state index in [9.17, 15) is 4.39 Å². The fourth-order valence-corrected chi connectivity index (χ4v) is 2.88. The Kier molecular flexibility index (Phi) is 3.47. The van der Waals surface area contributed by atoms with Gasteiger partial charge in [-0.3, -0.25) is 0 Å². The maximum atomic E-state index is 14.1. The van der Waals surface area contributed by atoms with Crippen molar-refractivity contribution in [3.8, 4) is 0 Å². The number of nitrogens with two attached hydrogens (primary N) is 1. The Labute approximate surface area is 129 Å². The van der Waals surface area contributed by atoms with Crippen LogP contribution in [0, 0.1) is 5.92 Å². The molecule has 5 nitrogen and oxygen atoms in total. The van der Waals surface area contributed by atoms with Crippen LogP contribution in [0.4, 0.5) is 16.3 Å². The third-order valence-electron chi connectivity index (χ3n) is 3.97. The first-order valence-corrected chi connectivity index (χ1v) is 7.40. The first-order valence-electron chi connectivity index (χ1n) is 7.40. The van der Waals surface area contributed by atoms with Crippen LogP contribution in [0.2, 0.25) is 0 Å². The van der Waals surface area contributed by atoms with Gasteiger partial charge in [0, 0.05) is 0 Å². The van der Waals surface area contributed by atoms with E-state index in [1.54, 1.807) is 0 Å². The van der Waals surface area contributed by atoms with Crippen molar-refractivity contribution in [1.29, 1.82) is 0 Å². The summed E-state index contributed by atoms with van der Waals surface area (Å²) in [7, 11) is 0. The quantitative estimate of drug-likeness (QED) is 0.911. The molecule has 3 N–H and O–H groups in total. The molecule has 1 heterocycles. The van der Waals surface area contributed by atoms with Crippen molar-refractivity contribution in [2.45, 2.75) is 38.9 Å². The first-order chi connectivity index (χ1) is 10.3. The van der Waals surface area contributed by atoms with Crippen molar-refractivity contribution in [1.82, 2.24) is 15.0 Å². The van der Waals surface area contributed by atoms with Gasteiger partial charge in [-0.1, -0.05) is 31.2 Å². The summed E-state index contributed by atoms with van der Waals surface area (Å²) in [5.41, 5.74) is 6.58. The smallest absolute Gasteiger partial charge is 0.228 e. The van der Waals surface area contributed by atoms with E-state index in [1.165, 1.54) is 25.0 Å². The Morgan fingerprint density at radius 3 is 2.68 bits per heavy atom. The van der Waals surface area contributed by atoms with E-state index >= 15 is 0 Å². The summed E-state index contributed by atoms with van der Waals surface area (Å²) < 4.78 is 14.1. The van der Waals surface area contributed by atoms with Crippen molar-refractivity contribution < 1.29 is 4.39 Å². The maximum absolute atomic E-state index is 14.1. The van der Waals surface area contributed by atoms with Crippen molar-refractivity contribution in [3.63, 3.8) is 0 Å². The number of alkyl halides is 1. The van der Waals surface area contributed by atoms with Gasteiger partial charge in [-0.05, 0) is 37.3 Å². The van der Waals surface area contributed by atoms with Crippen molar-refractivity contribution in [2.75, 3.05) is 11.1 Å². The summed E-state index contributed by atoms with van der Waals surface area (Å²) in [6, 6.07) is 8.38. The number of nitrogens with zero attached hydrogens (tertiary/aromatic N) is 3. The molecule has 2 aromatic rings. The number of aromatic nitrogens is 3. The average Bonchev–Trinajstić information content (AvgIpc) is 2.74. The van der Waals surface area contributed by atoms with E-state index in [-0.39, 0.29) is 17.8 Å². The molecule has 0 fully saturated rings. The Morgan fingerprint density at radius 1 is 1.23 bits per heavy atom. The lowest BCUT2D eigenvalue weighted by Crippen LogP contribution is -2.21. The number of hydrogen-bond acceptors (Lipinski definition) is 5. The van der Waals surface area contributed by atoms with Gasteiger partial charge in [0.25, 0.3) is 0 Å². The van der Waals surface area contributed by atoms with Crippen LogP contribution in [0.3, 0.4) is 0 Å². The van der Waals surface area contributed by atoms with Gasteiger partial charge in [0.1, 0.15) is 0 Å². The Balaban J connectivity index is 1.92. The minimum absolute atomic E-state index is 0.0251. The molecule has 0 saturated heterocycles. The van der Waals surface area contributed by atoms with Gasteiger partial charge in [-0.15, -0.1) is 0 Å². The monoisotopic (exact) mass is 301 g/mol. The van der Waals surface area contributed by atoms with E-state index in [2.05, 4.69) is 39.3 Å². The molecular weight excluding hydrogens is 281 g/mol. The largest absolute Gasteiger partial charge is 0.368 e. The van der Waals surface area contributed by atoms with E-state index in [4.69, 9.17) is 5.73 Å². The Bertz CT molecular complexity index is 695. The van der Waals surface area contributed by atoms with Gasteiger partial charge < -0.3 is 11.1 Å². The summed E-state index contributed by atoms with van der Waals surface area (Å²) in [5, 5.41) is 3.29. The number of fused-ring (bicyclic) bond motifs is 1. The number of nitrogen functional groups attached to an aromatic ring is 1. The zero-order valence-corrected chi connectivity index (χ0v) is 13.0. The summed E-state index contributed by atoms with van der Waals surface area (Å²) in [5.74, 6) is 0.789. The van der Waals surface area contributed by atoms with Gasteiger partial charge in [-0.25, -0.2) is 4.39 Å². The summed E-state index contributed by atoms with van der Waals surface area (Å²) >= 11 is 0. The molecule has 0 saturated carbocycles. The van der Waals surface area contributed by atoms with Crippen LogP contribution >= 0.6 is 0 Å². The fraction of sp³-hybridized carbons (Fsp3) is 0.438. The Morgan fingerprint density at radius 2 is 1.95 bits per heavy atom. The zero-order chi connectivity index (χ0) is 15.9. The average molecular weight is 301 g/mol. The highest BCUT2D eigenvalue weighted by Gasteiger charge is 2.30. The zero-order valence-electron chi connectivity index (χ0n) is 13.0. The number of rotatable bonds is 3. The molecule has 1 aromatic carbocycles. The molecule has 0 bridgehead atoms. The van der Waals surface area contributed by atoms with Crippen LogP contribution in [0.1, 0.15) is 43.8 Å². The number of anilines is 2. The molecule has 6 heteroatoms. The SMILES string of the molecule is C[C@H]1Cc2ccccc2[C@H]1Nc1nc(N)nc(C(C)(C)F)n1. The topological polar surface area (TPSA) is 76.7 Å². The van der Waals surface area contributed by atoms with E-state index in [0.29, 0.717) is 11.9 Å². The fourth-order valence-electron chi connectivity index (χ4n) is 2.88. The highest BCUT2D eigenvalue weighted by Crippen LogP contribution is 2.37.